The van der Waals surface area contributed by atoms with E-state index in [9.17, 15) is 9.90 Å². The molecule has 1 aliphatic heterocycles. The van der Waals surface area contributed by atoms with Gasteiger partial charge in [-0.25, -0.2) is 4.79 Å². The molecule has 0 aromatic heterocycles. The van der Waals surface area contributed by atoms with Crippen molar-refractivity contribution in [2.45, 2.75) is 56.6 Å². The van der Waals surface area contributed by atoms with Gasteiger partial charge in [0, 0.05) is 19.1 Å². The van der Waals surface area contributed by atoms with E-state index in [0.29, 0.717) is 5.92 Å². The number of hydrogen-bond donors (Lipinski definition) is 2. The number of aliphatic hydroxyl groups excluding tert-OH is 1. The van der Waals surface area contributed by atoms with Crippen LogP contribution < -0.4 is 5.32 Å². The summed E-state index contributed by atoms with van der Waals surface area (Å²) in [6.45, 7) is 1.63. The lowest BCUT2D eigenvalue weighted by atomic mass is 9.86. The van der Waals surface area contributed by atoms with Gasteiger partial charge in [-0.15, -0.1) is 0 Å². The first kappa shape index (κ1) is 17.3. The maximum atomic E-state index is 12.6. The minimum Gasteiger partial charge on any atom is -0.393 e. The molecule has 4 nitrogen and oxygen atoms in total. The van der Waals surface area contributed by atoms with Gasteiger partial charge in [0.15, 0.2) is 0 Å². The lowest BCUT2D eigenvalue weighted by molar-refractivity contribution is 0.114. The number of urea groups is 1. The summed E-state index contributed by atoms with van der Waals surface area (Å²) in [5, 5.41) is 15.4. The number of fused-ring (bicyclic) bond motifs is 1. The highest BCUT2D eigenvalue weighted by molar-refractivity contribution is 5.86. The third-order valence-corrected chi connectivity index (χ3v) is 6.07. The highest BCUT2D eigenvalue weighted by Gasteiger charge is 2.27. The highest BCUT2D eigenvalue weighted by atomic mass is 16.3. The van der Waals surface area contributed by atoms with E-state index in [1.165, 1.54) is 16.3 Å². The van der Waals surface area contributed by atoms with Gasteiger partial charge in [0.1, 0.15) is 0 Å². The lowest BCUT2D eigenvalue weighted by Crippen LogP contribution is -2.48. The monoisotopic (exact) mass is 352 g/mol. The Morgan fingerprint density at radius 3 is 2.38 bits per heavy atom. The van der Waals surface area contributed by atoms with Gasteiger partial charge in [0.2, 0.25) is 0 Å². The van der Waals surface area contributed by atoms with E-state index in [2.05, 4.69) is 47.8 Å². The quantitative estimate of drug-likeness (QED) is 0.857. The second kappa shape index (κ2) is 7.67. The van der Waals surface area contributed by atoms with Gasteiger partial charge in [-0.05, 0) is 60.8 Å². The third-order valence-electron chi connectivity index (χ3n) is 6.07. The molecule has 0 atom stereocenters. The first-order chi connectivity index (χ1) is 12.7. The molecule has 0 unspecified atom stereocenters. The Hall–Kier alpha value is -2.07. The molecule has 0 spiro atoms. The Morgan fingerprint density at radius 1 is 0.923 bits per heavy atom. The zero-order chi connectivity index (χ0) is 17.9. The maximum Gasteiger partial charge on any atom is 0.317 e. The molecule has 2 amide bonds. The summed E-state index contributed by atoms with van der Waals surface area (Å²) in [4.78, 5) is 14.5. The van der Waals surface area contributed by atoms with Crippen LogP contribution in [0.4, 0.5) is 4.79 Å². The summed E-state index contributed by atoms with van der Waals surface area (Å²) >= 11 is 0. The van der Waals surface area contributed by atoms with Gasteiger partial charge in [-0.2, -0.15) is 0 Å². The van der Waals surface area contributed by atoms with Crippen molar-refractivity contribution in [3.05, 3.63) is 48.0 Å². The van der Waals surface area contributed by atoms with Gasteiger partial charge in [0.05, 0.1) is 6.10 Å². The summed E-state index contributed by atoms with van der Waals surface area (Å²) in [6, 6.07) is 15.4. The highest BCUT2D eigenvalue weighted by Crippen LogP contribution is 2.33. The number of carbonyl (C=O) groups excluding carboxylic acids is 1. The number of benzene rings is 2. The predicted molar refractivity (Wildman–Crippen MR) is 104 cm³/mol. The zero-order valence-corrected chi connectivity index (χ0v) is 15.2. The summed E-state index contributed by atoms with van der Waals surface area (Å²) in [6.07, 6.45) is 5.23. The third kappa shape index (κ3) is 3.70. The standard InChI is InChI=1S/C22H28N2O2/c25-19-10-8-18(9-11-19)23-22(26)24-14-12-17(13-15-24)21-7-3-5-16-4-1-2-6-20(16)21/h1-7,17-19,25H,8-15H2,(H,23,26). The number of rotatable bonds is 2. The molecular weight excluding hydrogens is 324 g/mol. The van der Waals surface area contributed by atoms with Gasteiger partial charge in [0.25, 0.3) is 0 Å². The average molecular weight is 352 g/mol. The Balaban J connectivity index is 1.35. The minimum atomic E-state index is -0.181. The van der Waals surface area contributed by atoms with E-state index in [1.54, 1.807) is 0 Å². The molecule has 2 aliphatic rings. The molecule has 138 valence electrons. The molecule has 2 fully saturated rings. The second-order valence-corrected chi connectivity index (χ2v) is 7.78. The van der Waals surface area contributed by atoms with Crippen molar-refractivity contribution >= 4 is 16.8 Å². The van der Waals surface area contributed by atoms with Gasteiger partial charge in [-0.3, -0.25) is 0 Å². The molecule has 1 saturated heterocycles. The summed E-state index contributed by atoms with van der Waals surface area (Å²) in [7, 11) is 0. The van der Waals surface area contributed by atoms with Crippen LogP contribution in [0.2, 0.25) is 0 Å². The first-order valence-corrected chi connectivity index (χ1v) is 9.92. The molecule has 2 aromatic rings. The molecular formula is C22H28N2O2. The number of carbonyl (C=O) groups is 1. The fourth-order valence-electron chi connectivity index (χ4n) is 4.49. The molecule has 0 bridgehead atoms. The van der Waals surface area contributed by atoms with Crippen LogP contribution in [0, 0.1) is 0 Å². The van der Waals surface area contributed by atoms with Crippen LogP contribution in [0.25, 0.3) is 10.8 Å². The largest absolute Gasteiger partial charge is 0.393 e. The number of amides is 2. The van der Waals surface area contributed by atoms with Crippen molar-refractivity contribution in [2.24, 2.45) is 0 Å². The number of nitrogens with one attached hydrogen (secondary N) is 1. The topological polar surface area (TPSA) is 52.6 Å². The molecule has 1 saturated carbocycles. The summed E-state index contributed by atoms with van der Waals surface area (Å²) in [5.41, 5.74) is 1.42. The summed E-state index contributed by atoms with van der Waals surface area (Å²) < 4.78 is 0. The Kier molecular flexibility index (Phi) is 5.11. The van der Waals surface area contributed by atoms with Crippen molar-refractivity contribution in [1.82, 2.24) is 10.2 Å². The van der Waals surface area contributed by atoms with Crippen LogP contribution in [0.3, 0.4) is 0 Å². The van der Waals surface area contributed by atoms with Crippen LogP contribution in [0.5, 0.6) is 0 Å². The predicted octanol–water partition coefficient (Wildman–Crippen LogP) is 4.03. The van der Waals surface area contributed by atoms with Crippen molar-refractivity contribution in [3.63, 3.8) is 0 Å². The number of likely N-dealkylation sites (tertiary alicyclic amines) is 1. The molecule has 4 heteroatoms. The van der Waals surface area contributed by atoms with Crippen molar-refractivity contribution in [3.8, 4) is 0 Å². The van der Waals surface area contributed by atoms with Crippen LogP contribution in [-0.2, 0) is 0 Å². The fourth-order valence-corrected chi connectivity index (χ4v) is 4.49. The van der Waals surface area contributed by atoms with E-state index in [1.807, 2.05) is 4.90 Å². The SMILES string of the molecule is O=C(NC1CCC(O)CC1)N1CCC(c2cccc3ccccc23)CC1. The molecule has 0 radical (unpaired) electrons. The fraction of sp³-hybridized carbons (Fsp3) is 0.500. The maximum absolute atomic E-state index is 12.6. The van der Waals surface area contributed by atoms with E-state index in [4.69, 9.17) is 0 Å². The van der Waals surface area contributed by atoms with Crippen molar-refractivity contribution < 1.29 is 9.90 Å². The van der Waals surface area contributed by atoms with Gasteiger partial charge < -0.3 is 15.3 Å². The molecule has 1 heterocycles. The summed E-state index contributed by atoms with van der Waals surface area (Å²) in [5.74, 6) is 0.523. The van der Waals surface area contributed by atoms with Crippen molar-refractivity contribution in [2.75, 3.05) is 13.1 Å². The number of nitrogens with zero attached hydrogens (tertiary/aromatic N) is 1. The average Bonchev–Trinajstić information content (AvgIpc) is 2.69. The van der Waals surface area contributed by atoms with Crippen LogP contribution in [0.1, 0.15) is 50.0 Å². The number of piperidine rings is 1. The molecule has 1 aliphatic carbocycles. The van der Waals surface area contributed by atoms with Crippen LogP contribution in [-0.4, -0.2) is 41.3 Å². The van der Waals surface area contributed by atoms with Crippen LogP contribution in [0.15, 0.2) is 42.5 Å². The smallest absolute Gasteiger partial charge is 0.317 e. The lowest BCUT2D eigenvalue weighted by Gasteiger charge is -2.35. The van der Waals surface area contributed by atoms with E-state index < -0.39 is 0 Å². The Labute approximate surface area is 155 Å². The van der Waals surface area contributed by atoms with E-state index >= 15 is 0 Å². The Morgan fingerprint density at radius 2 is 1.62 bits per heavy atom. The van der Waals surface area contributed by atoms with E-state index in [0.717, 1.165) is 51.6 Å². The molecule has 4 rings (SSSR count). The van der Waals surface area contributed by atoms with Crippen molar-refractivity contribution in [1.29, 1.82) is 0 Å². The molecule has 26 heavy (non-hydrogen) atoms. The number of aliphatic hydroxyl groups is 1. The first-order valence-electron chi connectivity index (χ1n) is 9.92. The normalized spacial score (nSPS) is 24.6. The van der Waals surface area contributed by atoms with E-state index in [-0.39, 0.29) is 18.2 Å². The van der Waals surface area contributed by atoms with Gasteiger partial charge in [-0.1, -0.05) is 42.5 Å². The zero-order valence-electron chi connectivity index (χ0n) is 15.2. The Bertz CT molecular complexity index is 754. The van der Waals surface area contributed by atoms with Crippen LogP contribution >= 0.6 is 0 Å². The molecule has 2 aromatic carbocycles. The molecule has 2 N–H and O–H groups in total. The second-order valence-electron chi connectivity index (χ2n) is 7.78. The number of hydrogen-bond acceptors (Lipinski definition) is 2. The van der Waals surface area contributed by atoms with Gasteiger partial charge >= 0.3 is 6.03 Å². The minimum absolute atomic E-state index is 0.0720.